The van der Waals surface area contributed by atoms with E-state index in [9.17, 15) is 18.4 Å². The molecule has 4 heterocycles. The molecule has 2 aromatic heterocycles. The van der Waals surface area contributed by atoms with Crippen molar-refractivity contribution in [1.29, 1.82) is 0 Å². The highest BCUT2D eigenvalue weighted by Gasteiger charge is 2.27. The fourth-order valence-corrected chi connectivity index (χ4v) is 4.37. The molecule has 0 radical (unpaired) electrons. The highest BCUT2D eigenvalue weighted by atomic mass is 19.1. The minimum atomic E-state index is -0.745. The lowest BCUT2D eigenvalue weighted by Gasteiger charge is -2.23. The second-order valence-corrected chi connectivity index (χ2v) is 8.60. The molecule has 0 bridgehead atoms. The molecule has 0 atom stereocenters. The zero-order chi connectivity index (χ0) is 24.4. The summed E-state index contributed by atoms with van der Waals surface area (Å²) in [5.41, 5.74) is 1.59. The minimum absolute atomic E-state index is 0.0559. The molecule has 0 spiro atoms. The first-order valence-corrected chi connectivity index (χ1v) is 11.5. The van der Waals surface area contributed by atoms with Crippen LogP contribution in [0.25, 0.3) is 11.3 Å². The summed E-state index contributed by atoms with van der Waals surface area (Å²) in [5, 5.41) is 12.1. The molecule has 0 aliphatic carbocycles. The lowest BCUT2D eigenvalue weighted by Crippen LogP contribution is -2.43. The number of carbonyl (C=O) groups excluding carboxylic acids is 2. The maximum absolute atomic E-state index is 14.4. The van der Waals surface area contributed by atoms with Gasteiger partial charge in [-0.05, 0) is 55.8 Å². The summed E-state index contributed by atoms with van der Waals surface area (Å²) in [6, 6.07) is 8.69. The van der Waals surface area contributed by atoms with E-state index < -0.39 is 11.6 Å². The van der Waals surface area contributed by atoms with Crippen LogP contribution in [0.5, 0.6) is 0 Å². The molecule has 10 heteroatoms. The van der Waals surface area contributed by atoms with Crippen LogP contribution in [0.2, 0.25) is 0 Å². The highest BCUT2D eigenvalue weighted by Crippen LogP contribution is 2.33. The highest BCUT2D eigenvalue weighted by molar-refractivity contribution is 6.04. The molecule has 8 nitrogen and oxygen atoms in total. The number of carbonyl (C=O) groups is 2. The molecule has 0 unspecified atom stereocenters. The Morgan fingerprint density at radius 1 is 1.09 bits per heavy atom. The van der Waals surface area contributed by atoms with Crippen LogP contribution in [0, 0.1) is 11.6 Å². The van der Waals surface area contributed by atoms with E-state index in [2.05, 4.69) is 31.2 Å². The number of nitrogens with zero attached hydrogens (tertiary/aromatic N) is 2. The first-order valence-electron chi connectivity index (χ1n) is 11.5. The van der Waals surface area contributed by atoms with Crippen LogP contribution in [0.15, 0.2) is 42.6 Å². The number of rotatable bonds is 6. The van der Waals surface area contributed by atoms with E-state index in [1.165, 1.54) is 12.1 Å². The van der Waals surface area contributed by atoms with Gasteiger partial charge in [0, 0.05) is 12.2 Å². The Labute approximate surface area is 200 Å². The van der Waals surface area contributed by atoms with E-state index in [4.69, 9.17) is 0 Å². The number of pyridine rings is 2. The maximum Gasteiger partial charge on any atom is 0.255 e. The van der Waals surface area contributed by atoms with Crippen molar-refractivity contribution in [1.82, 2.24) is 25.9 Å². The lowest BCUT2D eigenvalue weighted by molar-refractivity contribution is -0.121. The molecule has 3 aromatic rings. The van der Waals surface area contributed by atoms with Gasteiger partial charge < -0.3 is 21.3 Å². The predicted molar refractivity (Wildman–Crippen MR) is 126 cm³/mol. The Kier molecular flexibility index (Phi) is 6.37. The van der Waals surface area contributed by atoms with Gasteiger partial charge in [0.25, 0.3) is 5.91 Å². The number of amides is 2. The normalized spacial score (nSPS) is 15.4. The average Bonchev–Trinajstić information content (AvgIpc) is 3.22. The Morgan fingerprint density at radius 3 is 2.57 bits per heavy atom. The molecule has 180 valence electrons. The average molecular weight is 479 g/mol. The molecule has 4 N–H and O–H groups in total. The van der Waals surface area contributed by atoms with Gasteiger partial charge in [-0.3, -0.25) is 9.59 Å². The van der Waals surface area contributed by atoms with Crippen LogP contribution in [0.1, 0.15) is 34.5 Å². The molecule has 1 fully saturated rings. The van der Waals surface area contributed by atoms with Gasteiger partial charge in [-0.1, -0.05) is 12.1 Å². The zero-order valence-electron chi connectivity index (χ0n) is 18.8. The van der Waals surface area contributed by atoms with E-state index in [0.29, 0.717) is 22.8 Å². The molecular weight excluding hydrogens is 454 g/mol. The van der Waals surface area contributed by atoms with Crippen molar-refractivity contribution in [3.8, 4) is 11.3 Å². The van der Waals surface area contributed by atoms with Crippen LogP contribution in [0.3, 0.4) is 0 Å². The fraction of sp³-hybridized carbons (Fsp3) is 0.280. The van der Waals surface area contributed by atoms with Gasteiger partial charge >= 0.3 is 0 Å². The van der Waals surface area contributed by atoms with Crippen LogP contribution < -0.4 is 21.3 Å². The Morgan fingerprint density at radius 2 is 1.86 bits per heavy atom. The zero-order valence-corrected chi connectivity index (χ0v) is 18.8. The molecule has 2 aliphatic rings. The smallest absolute Gasteiger partial charge is 0.255 e. The number of benzene rings is 1. The summed E-state index contributed by atoms with van der Waals surface area (Å²) in [6.45, 7) is 1.95. The number of aromatic nitrogens is 2. The molecule has 35 heavy (non-hydrogen) atoms. The van der Waals surface area contributed by atoms with Crippen molar-refractivity contribution < 1.29 is 18.4 Å². The van der Waals surface area contributed by atoms with Crippen LogP contribution in [-0.4, -0.2) is 40.9 Å². The molecule has 2 aliphatic heterocycles. The fourth-order valence-electron chi connectivity index (χ4n) is 4.37. The largest absolute Gasteiger partial charge is 0.353 e. The third-order valence-corrected chi connectivity index (χ3v) is 6.11. The third kappa shape index (κ3) is 4.97. The second kappa shape index (κ2) is 9.75. The van der Waals surface area contributed by atoms with Gasteiger partial charge in [0.15, 0.2) is 0 Å². The van der Waals surface area contributed by atoms with Gasteiger partial charge in [-0.2, -0.15) is 0 Å². The monoisotopic (exact) mass is 478 g/mol. The lowest BCUT2D eigenvalue weighted by atomic mass is 10.1. The van der Waals surface area contributed by atoms with Crippen LogP contribution in [-0.2, 0) is 17.8 Å². The van der Waals surface area contributed by atoms with Crippen LogP contribution in [0.4, 0.5) is 20.3 Å². The summed E-state index contributed by atoms with van der Waals surface area (Å²) < 4.78 is 28.8. The van der Waals surface area contributed by atoms with E-state index >= 15 is 0 Å². The molecule has 0 saturated carbocycles. The van der Waals surface area contributed by atoms with E-state index in [1.54, 1.807) is 18.3 Å². The number of halogens is 2. The van der Waals surface area contributed by atoms with Gasteiger partial charge in [-0.15, -0.1) is 0 Å². The number of nitrogens with one attached hydrogen (secondary N) is 4. The second-order valence-electron chi connectivity index (χ2n) is 8.60. The summed E-state index contributed by atoms with van der Waals surface area (Å²) in [4.78, 5) is 33.4. The van der Waals surface area contributed by atoms with E-state index in [1.807, 2.05) is 0 Å². The van der Waals surface area contributed by atoms with Crippen molar-refractivity contribution in [3.05, 3.63) is 71.1 Å². The standard InChI is InChI=1S/C25H24F2N6O2/c26-16-2-1-3-17(27)23(16)18-11-19(24-20(32-18)13-30-25(24)35)33-21-5-4-14(12-29-21)10-22(34)31-15-6-8-28-9-7-15/h1-5,11-12,15,28H,6-10,13H2,(H,30,35)(H,31,34)(H,29,32,33). The van der Waals surface area contributed by atoms with Crippen molar-refractivity contribution >= 4 is 23.3 Å². The SMILES string of the molecule is O=C(Cc1ccc(Nc2cc(-c3c(F)cccc3F)nc3c2C(=O)NC3)nc1)NC1CCNCC1. The third-order valence-electron chi connectivity index (χ3n) is 6.11. The molecule has 2 amide bonds. The molecule has 5 rings (SSSR count). The topological polar surface area (TPSA) is 108 Å². The number of anilines is 2. The summed E-state index contributed by atoms with van der Waals surface area (Å²) in [5.74, 6) is -1.46. The molecule has 1 saturated heterocycles. The Bertz CT molecular complexity index is 1260. The number of hydrogen-bond acceptors (Lipinski definition) is 6. The van der Waals surface area contributed by atoms with E-state index in [0.717, 1.165) is 43.6 Å². The quantitative estimate of drug-likeness (QED) is 0.434. The van der Waals surface area contributed by atoms with Crippen LogP contribution >= 0.6 is 0 Å². The molecule has 1 aromatic carbocycles. The number of fused-ring (bicyclic) bond motifs is 1. The predicted octanol–water partition coefficient (Wildman–Crippen LogP) is 2.82. The minimum Gasteiger partial charge on any atom is -0.353 e. The Balaban J connectivity index is 1.35. The van der Waals surface area contributed by atoms with Gasteiger partial charge in [0.2, 0.25) is 5.91 Å². The molecular formula is C25H24F2N6O2. The number of hydrogen-bond donors (Lipinski definition) is 4. The summed E-state index contributed by atoms with van der Waals surface area (Å²) >= 11 is 0. The van der Waals surface area contributed by atoms with Crippen molar-refractivity contribution in [2.24, 2.45) is 0 Å². The first kappa shape index (κ1) is 22.9. The van der Waals surface area contributed by atoms with Gasteiger partial charge in [-0.25, -0.2) is 18.7 Å². The Hall–Kier alpha value is -3.92. The maximum atomic E-state index is 14.4. The van der Waals surface area contributed by atoms with Gasteiger partial charge in [0.1, 0.15) is 17.5 Å². The van der Waals surface area contributed by atoms with Crippen molar-refractivity contribution in [3.63, 3.8) is 0 Å². The first-order chi connectivity index (χ1) is 17.0. The van der Waals surface area contributed by atoms with Gasteiger partial charge in [0.05, 0.1) is 41.2 Å². The van der Waals surface area contributed by atoms with Crippen molar-refractivity contribution in [2.45, 2.75) is 31.8 Å². The summed E-state index contributed by atoms with van der Waals surface area (Å²) in [6.07, 6.45) is 3.62. The van der Waals surface area contributed by atoms with E-state index in [-0.39, 0.29) is 42.1 Å². The summed E-state index contributed by atoms with van der Waals surface area (Å²) in [7, 11) is 0. The number of piperidine rings is 1. The van der Waals surface area contributed by atoms with Crippen molar-refractivity contribution in [2.75, 3.05) is 18.4 Å².